The molecule has 1 amide bonds. The minimum atomic E-state index is -0.577. The molecule has 27 heavy (non-hydrogen) atoms. The molecule has 2 heterocycles. The zero-order valence-electron chi connectivity index (χ0n) is 16.1. The van der Waals surface area contributed by atoms with Crippen molar-refractivity contribution in [3.05, 3.63) is 46.3 Å². The van der Waals surface area contributed by atoms with Gasteiger partial charge in [0.1, 0.15) is 24.2 Å². The minimum Gasteiger partial charge on any atom is -0.488 e. The molecule has 1 saturated heterocycles. The number of carbonyl (C=O) groups is 2. The topological polar surface area (TPSA) is 81.9 Å². The van der Waals surface area contributed by atoms with Gasteiger partial charge in [0.15, 0.2) is 5.69 Å². The van der Waals surface area contributed by atoms with E-state index in [9.17, 15) is 9.59 Å². The zero-order chi connectivity index (χ0) is 19.6. The van der Waals surface area contributed by atoms with Gasteiger partial charge in [-0.25, -0.2) is 4.79 Å². The third-order valence-corrected chi connectivity index (χ3v) is 4.94. The number of benzene rings is 1. The van der Waals surface area contributed by atoms with Crippen LogP contribution >= 0.6 is 0 Å². The highest BCUT2D eigenvalue weighted by Crippen LogP contribution is 2.27. The number of nitrogens with zero attached hydrogens (tertiary/aromatic N) is 2. The summed E-state index contributed by atoms with van der Waals surface area (Å²) in [5.41, 5.74) is 2.82. The molecule has 1 unspecified atom stereocenters. The fourth-order valence-electron chi connectivity index (χ4n) is 3.43. The van der Waals surface area contributed by atoms with Crippen molar-refractivity contribution in [1.82, 2.24) is 10.1 Å². The normalized spacial score (nSPS) is 16.4. The van der Waals surface area contributed by atoms with Crippen LogP contribution in [0.25, 0.3) is 0 Å². The van der Waals surface area contributed by atoms with Gasteiger partial charge in [-0.15, -0.1) is 0 Å². The number of para-hydroxylation sites is 1. The maximum Gasteiger partial charge on any atom is 0.328 e. The van der Waals surface area contributed by atoms with Gasteiger partial charge in [-0.05, 0) is 44.7 Å². The second kappa shape index (κ2) is 7.82. The Hall–Kier alpha value is -2.83. The van der Waals surface area contributed by atoms with E-state index in [0.717, 1.165) is 23.3 Å². The lowest BCUT2D eigenvalue weighted by atomic mass is 10.1. The third kappa shape index (κ3) is 3.67. The number of ether oxygens (including phenoxy) is 2. The van der Waals surface area contributed by atoms with Crippen LogP contribution in [0, 0.1) is 20.8 Å². The van der Waals surface area contributed by atoms with Gasteiger partial charge in [0.2, 0.25) is 0 Å². The van der Waals surface area contributed by atoms with Crippen molar-refractivity contribution in [3.63, 3.8) is 0 Å². The van der Waals surface area contributed by atoms with Gasteiger partial charge in [-0.1, -0.05) is 23.4 Å². The molecule has 7 heteroatoms. The molecule has 0 saturated carbocycles. The second-order valence-corrected chi connectivity index (χ2v) is 6.76. The van der Waals surface area contributed by atoms with Crippen molar-refractivity contribution in [1.29, 1.82) is 0 Å². The summed E-state index contributed by atoms with van der Waals surface area (Å²) in [4.78, 5) is 26.5. The summed E-state index contributed by atoms with van der Waals surface area (Å²) in [6, 6.07) is 5.34. The number of rotatable bonds is 5. The van der Waals surface area contributed by atoms with Crippen LogP contribution in [0.1, 0.15) is 45.8 Å². The van der Waals surface area contributed by atoms with Gasteiger partial charge in [-0.2, -0.15) is 0 Å². The Morgan fingerprint density at radius 3 is 2.63 bits per heavy atom. The van der Waals surface area contributed by atoms with Crippen molar-refractivity contribution >= 4 is 11.9 Å². The van der Waals surface area contributed by atoms with E-state index in [1.54, 1.807) is 6.92 Å². The van der Waals surface area contributed by atoms with Crippen LogP contribution in [0.4, 0.5) is 0 Å². The third-order valence-electron chi connectivity index (χ3n) is 4.94. The first-order valence-corrected chi connectivity index (χ1v) is 8.97. The first-order chi connectivity index (χ1) is 12.9. The van der Waals surface area contributed by atoms with Crippen LogP contribution in [0.3, 0.4) is 0 Å². The fourth-order valence-corrected chi connectivity index (χ4v) is 3.43. The monoisotopic (exact) mass is 372 g/mol. The number of hydrogen-bond acceptors (Lipinski definition) is 6. The average molecular weight is 372 g/mol. The van der Waals surface area contributed by atoms with E-state index < -0.39 is 12.0 Å². The number of amides is 1. The number of aryl methyl sites for hydroxylation is 3. The molecule has 0 radical (unpaired) electrons. The fraction of sp³-hybridized carbons (Fsp3) is 0.450. The molecule has 1 aromatic heterocycles. The van der Waals surface area contributed by atoms with Gasteiger partial charge in [-0.3, -0.25) is 4.79 Å². The van der Waals surface area contributed by atoms with Crippen LogP contribution in [0.15, 0.2) is 22.7 Å². The first-order valence-electron chi connectivity index (χ1n) is 8.97. The minimum absolute atomic E-state index is 0.166. The van der Waals surface area contributed by atoms with E-state index >= 15 is 0 Å². The van der Waals surface area contributed by atoms with Crippen LogP contribution in [0.2, 0.25) is 0 Å². The molecule has 0 N–H and O–H groups in total. The van der Waals surface area contributed by atoms with E-state index in [0.29, 0.717) is 24.3 Å². The van der Waals surface area contributed by atoms with Crippen molar-refractivity contribution in [2.75, 3.05) is 13.7 Å². The van der Waals surface area contributed by atoms with Crippen molar-refractivity contribution in [3.8, 4) is 5.75 Å². The summed E-state index contributed by atoms with van der Waals surface area (Å²) in [7, 11) is 1.33. The molecule has 7 nitrogen and oxygen atoms in total. The van der Waals surface area contributed by atoms with E-state index in [1.807, 2.05) is 32.0 Å². The predicted molar refractivity (Wildman–Crippen MR) is 97.6 cm³/mol. The Labute approximate surface area is 158 Å². The molecule has 2 aromatic rings. The second-order valence-electron chi connectivity index (χ2n) is 6.76. The number of likely N-dealkylation sites (tertiary alicyclic amines) is 1. The maximum atomic E-state index is 13.0. The first kappa shape index (κ1) is 18.9. The van der Waals surface area contributed by atoms with E-state index in [1.165, 1.54) is 12.0 Å². The number of carbonyl (C=O) groups excluding carboxylic acids is 2. The Morgan fingerprint density at radius 2 is 1.96 bits per heavy atom. The number of aromatic nitrogens is 1. The standard InChI is InChI=1S/C20H24N2O5/c1-12-7-5-8-13(2)18(12)26-11-15-14(3)27-21-17(15)19(23)22-10-6-9-16(22)20(24)25-4/h5,7-8,16H,6,9-11H2,1-4H3. The molecule has 0 aliphatic carbocycles. The molecule has 3 rings (SSSR count). The SMILES string of the molecule is COC(=O)C1CCCN1C(=O)c1noc(C)c1COc1c(C)cccc1C. The quantitative estimate of drug-likeness (QED) is 0.751. The smallest absolute Gasteiger partial charge is 0.328 e. The lowest BCUT2D eigenvalue weighted by molar-refractivity contribution is -0.145. The molecule has 144 valence electrons. The van der Waals surface area contributed by atoms with Crippen LogP contribution in [-0.4, -0.2) is 41.6 Å². The summed E-state index contributed by atoms with van der Waals surface area (Å²) >= 11 is 0. The molecule has 0 bridgehead atoms. The highest BCUT2D eigenvalue weighted by atomic mass is 16.5. The Kier molecular flexibility index (Phi) is 5.48. The highest BCUT2D eigenvalue weighted by molar-refractivity contribution is 5.96. The lowest BCUT2D eigenvalue weighted by Crippen LogP contribution is -2.41. The molecule has 1 atom stereocenters. The average Bonchev–Trinajstić information content (AvgIpc) is 3.27. The summed E-state index contributed by atoms with van der Waals surface area (Å²) in [5, 5.41) is 3.94. The van der Waals surface area contributed by atoms with Gasteiger partial charge in [0, 0.05) is 6.54 Å². The largest absolute Gasteiger partial charge is 0.488 e. The number of hydrogen-bond donors (Lipinski definition) is 0. The summed E-state index contributed by atoms with van der Waals surface area (Å²) in [6.45, 7) is 6.34. The molecule has 0 spiro atoms. The van der Waals surface area contributed by atoms with E-state index in [4.69, 9.17) is 14.0 Å². The number of methoxy groups -OCH3 is 1. The van der Waals surface area contributed by atoms with Crippen molar-refractivity contribution in [2.24, 2.45) is 0 Å². The van der Waals surface area contributed by atoms with Crippen LogP contribution < -0.4 is 4.74 Å². The molecular formula is C20H24N2O5. The van der Waals surface area contributed by atoms with Gasteiger partial charge in [0.25, 0.3) is 5.91 Å². The molecule has 1 aromatic carbocycles. The van der Waals surface area contributed by atoms with Gasteiger partial charge < -0.3 is 18.9 Å². The molecule has 1 aliphatic rings. The van der Waals surface area contributed by atoms with Crippen molar-refractivity contribution < 1.29 is 23.6 Å². The maximum absolute atomic E-state index is 13.0. The molecule has 1 fully saturated rings. The van der Waals surface area contributed by atoms with E-state index in [2.05, 4.69) is 5.16 Å². The van der Waals surface area contributed by atoms with Gasteiger partial charge >= 0.3 is 5.97 Å². The number of esters is 1. The van der Waals surface area contributed by atoms with Crippen LogP contribution in [-0.2, 0) is 16.1 Å². The van der Waals surface area contributed by atoms with Crippen LogP contribution in [0.5, 0.6) is 5.75 Å². The highest BCUT2D eigenvalue weighted by Gasteiger charge is 2.37. The summed E-state index contributed by atoms with van der Waals surface area (Å²) in [5.74, 6) is 0.567. The van der Waals surface area contributed by atoms with Gasteiger partial charge in [0.05, 0.1) is 12.7 Å². The van der Waals surface area contributed by atoms with Crippen molar-refractivity contribution in [2.45, 2.75) is 46.3 Å². The Morgan fingerprint density at radius 1 is 1.26 bits per heavy atom. The summed E-state index contributed by atoms with van der Waals surface area (Å²) in [6.07, 6.45) is 1.33. The summed E-state index contributed by atoms with van der Waals surface area (Å²) < 4.78 is 16.0. The molecular weight excluding hydrogens is 348 g/mol. The lowest BCUT2D eigenvalue weighted by Gasteiger charge is -2.22. The predicted octanol–water partition coefficient (Wildman–Crippen LogP) is 2.96. The zero-order valence-corrected chi connectivity index (χ0v) is 16.1. The Bertz CT molecular complexity index is 838. The van der Waals surface area contributed by atoms with E-state index in [-0.39, 0.29) is 18.2 Å². The molecule has 1 aliphatic heterocycles. The Balaban J connectivity index is 1.82.